The first kappa shape index (κ1) is 14.7. The number of nitrogens with one attached hydrogen (secondary N) is 1. The minimum Gasteiger partial charge on any atom is -0.429 e. The van der Waals surface area contributed by atoms with Gasteiger partial charge in [0.1, 0.15) is 21.3 Å². The number of anilines is 2. The fourth-order valence-corrected chi connectivity index (χ4v) is 2.38. The number of hydrogen-bond acceptors (Lipinski definition) is 2. The van der Waals surface area contributed by atoms with Crippen molar-refractivity contribution in [2.75, 3.05) is 26.6 Å². The van der Waals surface area contributed by atoms with E-state index < -0.39 is 0 Å². The predicted molar refractivity (Wildman–Crippen MR) is 90.4 cm³/mol. The first-order valence-corrected chi connectivity index (χ1v) is 6.95. The summed E-state index contributed by atoms with van der Waals surface area (Å²) in [7, 11) is 5.75. The molecule has 104 valence electrons. The Balaban J connectivity index is 0.000000328. The predicted octanol–water partition coefficient (Wildman–Crippen LogP) is 4.13. The lowest BCUT2D eigenvalue weighted by Crippen LogP contribution is -1.99. The molecule has 3 heteroatoms. The highest BCUT2D eigenvalue weighted by Crippen LogP contribution is 2.29. The maximum Gasteiger partial charge on any atom is 0.135 e. The molecule has 3 rings (SSSR count). The second-order valence-corrected chi connectivity index (χ2v) is 5.65. The van der Waals surface area contributed by atoms with Crippen LogP contribution in [0.5, 0.6) is 0 Å². The van der Waals surface area contributed by atoms with Crippen LogP contribution in [-0.2, 0) is 10.8 Å². The fraction of sp³-hybridized carbons (Fsp3) is 0.235. The van der Waals surface area contributed by atoms with Crippen molar-refractivity contribution in [3.8, 4) is 0 Å². The number of thiocarbonyl (C=S) groups is 1. The van der Waals surface area contributed by atoms with Crippen LogP contribution in [0.4, 0.5) is 11.4 Å². The highest BCUT2D eigenvalue weighted by molar-refractivity contribution is 7.80. The summed E-state index contributed by atoms with van der Waals surface area (Å²) in [6.45, 7) is 0. The third-order valence-electron chi connectivity index (χ3n) is 2.87. The van der Waals surface area contributed by atoms with Gasteiger partial charge in [0.2, 0.25) is 0 Å². The van der Waals surface area contributed by atoms with Crippen molar-refractivity contribution in [1.29, 1.82) is 0 Å². The molecule has 0 aliphatic carbocycles. The van der Waals surface area contributed by atoms with E-state index >= 15 is 0 Å². The molecule has 1 N–H and O–H groups in total. The van der Waals surface area contributed by atoms with Crippen molar-refractivity contribution in [1.82, 2.24) is 0 Å². The number of para-hydroxylation sites is 2. The molecular formula is C17H20NOS+. The normalized spacial score (nSPS) is 12.5. The van der Waals surface area contributed by atoms with Gasteiger partial charge in [-0.2, -0.15) is 0 Å². The van der Waals surface area contributed by atoms with Gasteiger partial charge in [-0.25, -0.2) is 0 Å². The Bertz CT molecular complexity index is 605. The van der Waals surface area contributed by atoms with E-state index in [1.54, 1.807) is 0 Å². The van der Waals surface area contributed by atoms with E-state index in [0.717, 1.165) is 28.2 Å². The molecule has 0 saturated heterocycles. The summed E-state index contributed by atoms with van der Waals surface area (Å²) in [5.41, 5.74) is 4.68. The van der Waals surface area contributed by atoms with Gasteiger partial charge in [0, 0.05) is 28.2 Å². The third kappa shape index (κ3) is 3.65. The number of hydrogen-bond donors (Lipinski definition) is 1. The van der Waals surface area contributed by atoms with Crippen molar-refractivity contribution < 1.29 is 4.37 Å². The number of benzene rings is 2. The quantitative estimate of drug-likeness (QED) is 0.578. The van der Waals surface area contributed by atoms with E-state index in [-0.39, 0.29) is 0 Å². The van der Waals surface area contributed by atoms with Crippen LogP contribution in [0.15, 0.2) is 48.5 Å². The van der Waals surface area contributed by atoms with Gasteiger partial charge in [-0.3, -0.25) is 0 Å². The zero-order valence-corrected chi connectivity index (χ0v) is 13.0. The molecule has 0 radical (unpaired) electrons. The Morgan fingerprint density at radius 3 is 2.15 bits per heavy atom. The van der Waals surface area contributed by atoms with Crippen LogP contribution in [0.2, 0.25) is 0 Å². The van der Waals surface area contributed by atoms with Gasteiger partial charge >= 0.3 is 0 Å². The maximum atomic E-state index is 5.48. The Kier molecular flexibility index (Phi) is 4.88. The number of rotatable bonds is 0. The van der Waals surface area contributed by atoms with Crippen LogP contribution < -0.4 is 5.32 Å². The molecule has 0 bridgehead atoms. The molecule has 1 aliphatic rings. The average Bonchev–Trinajstić information content (AvgIpc) is 2.54. The second-order valence-electron chi connectivity index (χ2n) is 5.15. The van der Waals surface area contributed by atoms with Crippen LogP contribution in [0.1, 0.15) is 11.1 Å². The monoisotopic (exact) mass is 286 g/mol. The lowest BCUT2D eigenvalue weighted by molar-refractivity contribution is -0.00282. The first-order valence-electron chi connectivity index (χ1n) is 6.54. The lowest BCUT2D eigenvalue weighted by Gasteiger charge is -2.08. The van der Waals surface area contributed by atoms with E-state index in [2.05, 4.69) is 40.0 Å². The SMILES string of the molecule is C[O+](C)C.S=C1Cc2ccccc2Nc2ccccc21. The smallest absolute Gasteiger partial charge is 0.135 e. The van der Waals surface area contributed by atoms with Gasteiger partial charge in [0.25, 0.3) is 0 Å². The van der Waals surface area contributed by atoms with Crippen LogP contribution in [0.25, 0.3) is 0 Å². The van der Waals surface area contributed by atoms with E-state index in [0.29, 0.717) is 0 Å². The van der Waals surface area contributed by atoms with Gasteiger partial charge in [-0.15, -0.1) is 0 Å². The zero-order chi connectivity index (χ0) is 14.5. The average molecular weight is 286 g/mol. The molecule has 0 atom stereocenters. The van der Waals surface area contributed by atoms with E-state index in [4.69, 9.17) is 12.2 Å². The Morgan fingerprint density at radius 2 is 1.45 bits per heavy atom. The van der Waals surface area contributed by atoms with Gasteiger partial charge in [0.05, 0.1) is 0 Å². The summed E-state index contributed by atoms with van der Waals surface area (Å²) in [6.07, 6.45) is 0.843. The van der Waals surface area contributed by atoms with Crippen molar-refractivity contribution in [3.63, 3.8) is 0 Å². The Morgan fingerprint density at radius 1 is 0.900 bits per heavy atom. The fourth-order valence-electron chi connectivity index (χ4n) is 2.04. The summed E-state index contributed by atoms with van der Waals surface area (Å²) in [5.74, 6) is 0. The standard InChI is InChI=1S/C14H11NS.C3H9O/c16-14-9-10-5-1-3-7-12(10)15-13-8-4-2-6-11(13)14;1-4(2)3/h1-8,15H,9H2;1-3H3/q;+1. The third-order valence-corrected chi connectivity index (χ3v) is 3.23. The topological polar surface area (TPSA) is 14.7 Å². The molecule has 20 heavy (non-hydrogen) atoms. The molecule has 0 fully saturated rings. The number of fused-ring (bicyclic) bond motifs is 2. The molecule has 0 aromatic heterocycles. The molecule has 0 saturated carbocycles. The molecule has 1 heterocycles. The first-order chi connectivity index (χ1) is 9.58. The van der Waals surface area contributed by atoms with Gasteiger partial charge in [-0.05, 0) is 17.7 Å². The van der Waals surface area contributed by atoms with E-state index in [1.807, 2.05) is 39.5 Å². The minimum absolute atomic E-state index is 0.843. The summed E-state index contributed by atoms with van der Waals surface area (Å²) < 4.78 is 2.58. The summed E-state index contributed by atoms with van der Waals surface area (Å²) in [4.78, 5) is 1.01. The summed E-state index contributed by atoms with van der Waals surface area (Å²) in [6, 6.07) is 16.5. The van der Waals surface area contributed by atoms with Gasteiger partial charge in [-0.1, -0.05) is 48.6 Å². The molecule has 0 spiro atoms. The van der Waals surface area contributed by atoms with Crippen LogP contribution in [-0.4, -0.2) is 26.2 Å². The Labute approximate surface area is 126 Å². The lowest BCUT2D eigenvalue weighted by atomic mass is 10.0. The summed E-state index contributed by atoms with van der Waals surface area (Å²) in [5, 5.41) is 3.45. The molecule has 2 nitrogen and oxygen atoms in total. The summed E-state index contributed by atoms with van der Waals surface area (Å²) >= 11 is 5.48. The van der Waals surface area contributed by atoms with Crippen molar-refractivity contribution in [2.24, 2.45) is 0 Å². The van der Waals surface area contributed by atoms with Crippen LogP contribution in [0, 0.1) is 0 Å². The minimum atomic E-state index is 0.843. The molecule has 1 aliphatic heterocycles. The molecule has 0 amide bonds. The van der Waals surface area contributed by atoms with Crippen molar-refractivity contribution >= 4 is 28.5 Å². The largest absolute Gasteiger partial charge is 0.429 e. The van der Waals surface area contributed by atoms with Gasteiger partial charge in [0.15, 0.2) is 0 Å². The zero-order valence-electron chi connectivity index (χ0n) is 12.1. The molecular weight excluding hydrogens is 266 g/mol. The molecule has 2 aromatic carbocycles. The molecule has 2 aromatic rings. The van der Waals surface area contributed by atoms with Crippen molar-refractivity contribution in [2.45, 2.75) is 6.42 Å². The van der Waals surface area contributed by atoms with Crippen LogP contribution >= 0.6 is 12.2 Å². The molecule has 0 unspecified atom stereocenters. The van der Waals surface area contributed by atoms with Gasteiger partial charge < -0.3 is 9.68 Å². The second kappa shape index (κ2) is 6.64. The van der Waals surface area contributed by atoms with E-state index in [1.165, 1.54) is 5.56 Å². The highest BCUT2D eigenvalue weighted by atomic mass is 32.1. The van der Waals surface area contributed by atoms with E-state index in [9.17, 15) is 0 Å². The van der Waals surface area contributed by atoms with Crippen LogP contribution in [0.3, 0.4) is 0 Å². The van der Waals surface area contributed by atoms with Crippen molar-refractivity contribution in [3.05, 3.63) is 59.7 Å². The highest BCUT2D eigenvalue weighted by Gasteiger charge is 2.15. The Hall–Kier alpha value is -1.71. The maximum absolute atomic E-state index is 5.48.